The zero-order chi connectivity index (χ0) is 14.6. The van der Waals surface area contributed by atoms with E-state index in [1.54, 1.807) is 52.0 Å². The maximum absolute atomic E-state index is 9.10. The van der Waals surface area contributed by atoms with Crippen LogP contribution in [0.3, 0.4) is 0 Å². The van der Waals surface area contributed by atoms with E-state index in [0.717, 1.165) is 0 Å². The summed E-state index contributed by atoms with van der Waals surface area (Å²) in [5, 5.41) is 35.6. The molecule has 5 nitrogen and oxygen atoms in total. The van der Waals surface area contributed by atoms with Crippen molar-refractivity contribution >= 4 is 18.3 Å². The molecule has 0 radical (unpaired) electrons. The van der Waals surface area contributed by atoms with Crippen LogP contribution in [-0.2, 0) is 0 Å². The fourth-order valence-corrected chi connectivity index (χ4v) is 0.746. The highest BCUT2D eigenvalue weighted by atomic mass is 16.4. The van der Waals surface area contributed by atoms with Crippen LogP contribution in [0, 0.1) is 0 Å². The first-order chi connectivity index (χ1) is 7.97. The first-order valence-corrected chi connectivity index (χ1v) is 5.62. The molecular formula is C12H22BNO4. The van der Waals surface area contributed by atoms with Crippen LogP contribution in [0.5, 0.6) is 0 Å². The lowest BCUT2D eigenvalue weighted by atomic mass is 9.79. The zero-order valence-electron chi connectivity index (χ0n) is 11.3. The molecule has 0 fully saturated rings. The topological polar surface area (TPSA) is 107 Å². The lowest BCUT2D eigenvalue weighted by molar-refractivity contribution is -0.107. The van der Waals surface area contributed by atoms with E-state index in [0.29, 0.717) is 11.2 Å². The summed E-state index contributed by atoms with van der Waals surface area (Å²) in [5.41, 5.74) is 4.14. The van der Waals surface area contributed by atoms with Crippen LogP contribution in [0.25, 0.3) is 0 Å². The Bertz CT molecular complexity index is 357. The number of benzene rings is 1. The number of hydrogen-bond donors (Lipinski definition) is 5. The summed E-state index contributed by atoms with van der Waals surface area (Å²) < 4.78 is 0. The van der Waals surface area contributed by atoms with Gasteiger partial charge in [0.1, 0.15) is 0 Å². The molecule has 1 aromatic carbocycles. The van der Waals surface area contributed by atoms with Gasteiger partial charge in [0.2, 0.25) is 0 Å². The van der Waals surface area contributed by atoms with Crippen LogP contribution in [0.4, 0.5) is 5.69 Å². The molecule has 6 heteroatoms. The second kappa shape index (κ2) is 6.20. The van der Waals surface area contributed by atoms with Crippen LogP contribution < -0.4 is 11.2 Å². The molecule has 0 atom stereocenters. The van der Waals surface area contributed by atoms with Gasteiger partial charge in [-0.3, -0.25) is 0 Å². The Balaban J connectivity index is 0.000000331. The lowest BCUT2D eigenvalue weighted by Gasteiger charge is -2.31. The summed E-state index contributed by atoms with van der Waals surface area (Å²) in [6.45, 7) is 6.31. The smallest absolute Gasteiger partial charge is 0.423 e. The van der Waals surface area contributed by atoms with Crippen molar-refractivity contribution in [3.8, 4) is 0 Å². The summed E-state index contributed by atoms with van der Waals surface area (Å²) in [5.74, 6) is 0. The van der Waals surface area contributed by atoms with E-state index < -0.39 is 18.3 Å². The molecule has 102 valence electrons. The van der Waals surface area contributed by atoms with Gasteiger partial charge in [-0.25, -0.2) is 0 Å². The summed E-state index contributed by atoms with van der Waals surface area (Å²) in [6, 6.07) is 6.63. The highest BCUT2D eigenvalue weighted by molar-refractivity contribution is 6.60. The fourth-order valence-electron chi connectivity index (χ4n) is 0.746. The van der Waals surface area contributed by atoms with Gasteiger partial charge in [0.05, 0.1) is 11.2 Å². The minimum absolute atomic E-state index is 0.350. The second-order valence-corrected chi connectivity index (χ2v) is 5.12. The van der Waals surface area contributed by atoms with Gasteiger partial charge in [0, 0.05) is 11.2 Å². The van der Waals surface area contributed by atoms with Gasteiger partial charge in [-0.1, -0.05) is 18.2 Å². The average molecular weight is 255 g/mol. The number of hydrogen-bond acceptors (Lipinski definition) is 5. The van der Waals surface area contributed by atoms with E-state index in [1.807, 2.05) is 0 Å². The van der Waals surface area contributed by atoms with Crippen LogP contribution in [0.1, 0.15) is 27.7 Å². The minimum Gasteiger partial charge on any atom is -0.423 e. The van der Waals surface area contributed by atoms with Gasteiger partial charge in [-0.15, -0.1) is 0 Å². The number of nitrogen functional groups attached to an aromatic ring is 1. The molecule has 18 heavy (non-hydrogen) atoms. The predicted molar refractivity (Wildman–Crippen MR) is 73.3 cm³/mol. The molecule has 0 saturated carbocycles. The molecule has 0 aliphatic rings. The summed E-state index contributed by atoms with van der Waals surface area (Å²) in [7, 11) is -1.47. The third-order valence-corrected chi connectivity index (χ3v) is 2.77. The van der Waals surface area contributed by atoms with Crippen LogP contribution in [0.15, 0.2) is 24.3 Å². The molecule has 0 spiro atoms. The molecule has 0 aromatic heterocycles. The van der Waals surface area contributed by atoms with Crippen LogP contribution >= 0.6 is 0 Å². The highest BCUT2D eigenvalue weighted by Gasteiger charge is 2.31. The van der Waals surface area contributed by atoms with Gasteiger partial charge in [0.25, 0.3) is 0 Å². The van der Waals surface area contributed by atoms with E-state index in [-0.39, 0.29) is 0 Å². The molecule has 0 aliphatic carbocycles. The lowest BCUT2D eigenvalue weighted by Crippen LogP contribution is -2.44. The molecular weight excluding hydrogens is 233 g/mol. The Morgan fingerprint density at radius 2 is 1.33 bits per heavy atom. The van der Waals surface area contributed by atoms with E-state index in [1.165, 1.54) is 0 Å². The first-order valence-electron chi connectivity index (χ1n) is 5.62. The predicted octanol–water partition coefficient (Wildman–Crippen LogP) is -0.523. The Morgan fingerprint density at radius 1 is 0.944 bits per heavy atom. The monoisotopic (exact) mass is 255 g/mol. The van der Waals surface area contributed by atoms with Crippen LogP contribution in [-0.4, -0.2) is 38.6 Å². The molecule has 0 amide bonds. The second-order valence-electron chi connectivity index (χ2n) is 5.12. The third kappa shape index (κ3) is 5.51. The number of rotatable bonds is 2. The molecule has 0 saturated heterocycles. The summed E-state index contributed by atoms with van der Waals surface area (Å²) in [6.07, 6.45) is 0. The van der Waals surface area contributed by atoms with Crippen molar-refractivity contribution in [3.05, 3.63) is 24.3 Å². The number of anilines is 1. The summed E-state index contributed by atoms with van der Waals surface area (Å²) in [4.78, 5) is 0. The fraction of sp³-hybridized carbons (Fsp3) is 0.500. The Labute approximate surface area is 108 Å². The van der Waals surface area contributed by atoms with Crippen molar-refractivity contribution in [2.24, 2.45) is 0 Å². The normalized spacial score (nSPS) is 11.6. The van der Waals surface area contributed by atoms with E-state index in [4.69, 9.17) is 26.0 Å². The van der Waals surface area contributed by atoms with E-state index in [2.05, 4.69) is 0 Å². The molecule has 0 heterocycles. The van der Waals surface area contributed by atoms with Crippen molar-refractivity contribution in [1.29, 1.82) is 0 Å². The van der Waals surface area contributed by atoms with Gasteiger partial charge in [0.15, 0.2) is 0 Å². The Morgan fingerprint density at radius 3 is 1.56 bits per heavy atom. The quantitative estimate of drug-likeness (QED) is 0.361. The molecule has 0 unspecified atom stereocenters. The van der Waals surface area contributed by atoms with Crippen molar-refractivity contribution in [1.82, 2.24) is 0 Å². The third-order valence-electron chi connectivity index (χ3n) is 2.77. The molecule has 0 bridgehead atoms. The van der Waals surface area contributed by atoms with Gasteiger partial charge < -0.3 is 26.0 Å². The minimum atomic E-state index is -1.47. The van der Waals surface area contributed by atoms with E-state index in [9.17, 15) is 0 Å². The number of nitrogens with two attached hydrogens (primary N) is 1. The SMILES string of the molecule is CC(C)(O)C(C)(C)O.Nc1ccccc1B(O)O. The van der Waals surface area contributed by atoms with E-state index >= 15 is 0 Å². The first kappa shape index (κ1) is 16.9. The molecule has 6 N–H and O–H groups in total. The largest absolute Gasteiger partial charge is 0.490 e. The van der Waals surface area contributed by atoms with Crippen molar-refractivity contribution < 1.29 is 20.3 Å². The average Bonchev–Trinajstić information content (AvgIpc) is 2.15. The Kier molecular flexibility index (Phi) is 5.83. The standard InChI is InChI=1S/C6H8BNO2.C6H14O2/c8-6-4-2-1-3-5(6)7(9)10;1-5(2,7)6(3,4)8/h1-4,9-10H,8H2;7-8H,1-4H3. The molecule has 1 aromatic rings. The summed E-state index contributed by atoms with van der Waals surface area (Å²) >= 11 is 0. The maximum Gasteiger partial charge on any atom is 0.490 e. The number of aliphatic hydroxyl groups is 2. The number of para-hydroxylation sites is 1. The highest BCUT2D eigenvalue weighted by Crippen LogP contribution is 2.19. The molecule has 1 rings (SSSR count). The van der Waals surface area contributed by atoms with Gasteiger partial charge in [-0.05, 0) is 33.8 Å². The van der Waals surface area contributed by atoms with Gasteiger partial charge in [-0.2, -0.15) is 0 Å². The maximum atomic E-state index is 9.10. The van der Waals surface area contributed by atoms with Crippen LogP contribution in [0.2, 0.25) is 0 Å². The van der Waals surface area contributed by atoms with Crippen molar-refractivity contribution in [2.45, 2.75) is 38.9 Å². The zero-order valence-corrected chi connectivity index (χ0v) is 11.3. The Hall–Kier alpha value is -1.08. The van der Waals surface area contributed by atoms with Gasteiger partial charge >= 0.3 is 7.12 Å². The van der Waals surface area contributed by atoms with Crippen molar-refractivity contribution in [2.75, 3.05) is 5.73 Å². The van der Waals surface area contributed by atoms with Crippen molar-refractivity contribution in [3.63, 3.8) is 0 Å². The molecule has 0 aliphatic heterocycles.